The summed E-state index contributed by atoms with van der Waals surface area (Å²) in [5.41, 5.74) is 3.68. The number of carbonyl (C=O) groups excluding carboxylic acids is 2. The molecule has 4 rings (SSSR count). The van der Waals surface area contributed by atoms with Crippen molar-refractivity contribution in [3.8, 4) is 5.75 Å². The zero-order chi connectivity index (χ0) is 22.0. The molecule has 31 heavy (non-hydrogen) atoms. The van der Waals surface area contributed by atoms with E-state index in [2.05, 4.69) is 10.2 Å². The van der Waals surface area contributed by atoms with Gasteiger partial charge in [0, 0.05) is 24.7 Å². The van der Waals surface area contributed by atoms with Crippen LogP contribution in [0.2, 0.25) is 0 Å². The lowest BCUT2D eigenvalue weighted by Crippen LogP contribution is -2.54. The van der Waals surface area contributed by atoms with Crippen LogP contribution in [0.1, 0.15) is 17.5 Å². The van der Waals surface area contributed by atoms with E-state index in [-0.39, 0.29) is 10.7 Å². The number of anilines is 2. The van der Waals surface area contributed by atoms with E-state index in [1.165, 1.54) is 23.3 Å². The van der Waals surface area contributed by atoms with Gasteiger partial charge in [0.25, 0.3) is 11.8 Å². The van der Waals surface area contributed by atoms with E-state index in [0.717, 1.165) is 31.5 Å². The Hall–Kier alpha value is -2.90. The summed E-state index contributed by atoms with van der Waals surface area (Å²) in [6, 6.07) is 13.0. The molecule has 2 aromatic rings. The minimum absolute atomic E-state index is 0.0245. The monoisotopic (exact) mass is 455 g/mol. The van der Waals surface area contributed by atoms with Gasteiger partial charge in [0.2, 0.25) is 0 Å². The Labute approximate surface area is 191 Å². The lowest BCUT2D eigenvalue weighted by molar-refractivity contribution is -0.122. The van der Waals surface area contributed by atoms with Gasteiger partial charge in [-0.3, -0.25) is 14.9 Å². The third-order valence-corrected chi connectivity index (χ3v) is 5.95. The van der Waals surface area contributed by atoms with E-state index < -0.39 is 11.8 Å². The standard InChI is InChI=1S/C23H22ClN3O3S/c1-30-20-6-3-2-5-19(20)27-22(29)17(21(28)25-23(27)31)14-15-7-8-18-16(13-15)9-12-26(18)11-4-10-24/h2-3,5-8,13-14H,4,9-12H2,1H3,(H,25,28,31). The maximum atomic E-state index is 13.3. The van der Waals surface area contributed by atoms with Crippen molar-refractivity contribution in [2.45, 2.75) is 12.8 Å². The molecule has 0 atom stereocenters. The van der Waals surface area contributed by atoms with Gasteiger partial charge in [-0.25, -0.2) is 4.90 Å². The van der Waals surface area contributed by atoms with Crippen molar-refractivity contribution in [3.63, 3.8) is 0 Å². The zero-order valence-corrected chi connectivity index (χ0v) is 18.6. The molecule has 0 aliphatic carbocycles. The van der Waals surface area contributed by atoms with Crippen LogP contribution in [0.5, 0.6) is 5.75 Å². The van der Waals surface area contributed by atoms with Crippen LogP contribution in [-0.2, 0) is 16.0 Å². The van der Waals surface area contributed by atoms with Crippen LogP contribution in [0.4, 0.5) is 11.4 Å². The van der Waals surface area contributed by atoms with Crippen LogP contribution in [0.25, 0.3) is 6.08 Å². The zero-order valence-electron chi connectivity index (χ0n) is 17.1. The first-order valence-corrected chi connectivity index (χ1v) is 11.0. The smallest absolute Gasteiger partial charge is 0.270 e. The minimum atomic E-state index is -0.509. The Bertz CT molecular complexity index is 1090. The molecular formula is C23H22ClN3O3S. The summed E-state index contributed by atoms with van der Waals surface area (Å²) in [6.45, 7) is 1.87. The van der Waals surface area contributed by atoms with Crippen LogP contribution in [0.3, 0.4) is 0 Å². The summed E-state index contributed by atoms with van der Waals surface area (Å²) in [4.78, 5) is 29.5. The van der Waals surface area contributed by atoms with Crippen LogP contribution in [-0.4, -0.2) is 43.0 Å². The molecule has 6 nitrogen and oxygen atoms in total. The Balaban J connectivity index is 1.65. The van der Waals surface area contributed by atoms with Crippen LogP contribution >= 0.6 is 23.8 Å². The molecule has 2 aliphatic rings. The average Bonchev–Trinajstić information content (AvgIpc) is 3.17. The molecule has 8 heteroatoms. The highest BCUT2D eigenvalue weighted by Gasteiger charge is 2.35. The molecule has 160 valence electrons. The second-order valence-corrected chi connectivity index (χ2v) is 8.06. The first-order valence-electron chi connectivity index (χ1n) is 10.0. The number of amides is 2. The number of halogens is 1. The highest BCUT2D eigenvalue weighted by Crippen LogP contribution is 2.32. The van der Waals surface area contributed by atoms with Crippen molar-refractivity contribution < 1.29 is 14.3 Å². The highest BCUT2D eigenvalue weighted by atomic mass is 35.5. The summed E-state index contributed by atoms with van der Waals surface area (Å²) < 4.78 is 5.37. The lowest BCUT2D eigenvalue weighted by Gasteiger charge is -2.29. The molecule has 2 heterocycles. The predicted molar refractivity (Wildman–Crippen MR) is 127 cm³/mol. The summed E-state index contributed by atoms with van der Waals surface area (Å²) in [7, 11) is 1.52. The quantitative estimate of drug-likeness (QED) is 0.312. The average molecular weight is 456 g/mol. The maximum Gasteiger partial charge on any atom is 0.270 e. The molecule has 1 saturated heterocycles. The van der Waals surface area contributed by atoms with E-state index in [4.69, 9.17) is 28.6 Å². The van der Waals surface area contributed by atoms with E-state index in [1.807, 2.05) is 18.2 Å². The summed E-state index contributed by atoms with van der Waals surface area (Å²) in [6.07, 6.45) is 3.47. The number of fused-ring (bicyclic) bond motifs is 1. The van der Waals surface area contributed by atoms with Crippen molar-refractivity contribution in [3.05, 3.63) is 59.2 Å². The Kier molecular flexibility index (Phi) is 6.25. The largest absolute Gasteiger partial charge is 0.495 e. The summed E-state index contributed by atoms with van der Waals surface area (Å²) in [5.74, 6) is 0.133. The number of hydrogen-bond donors (Lipinski definition) is 1. The van der Waals surface area contributed by atoms with E-state index in [1.54, 1.807) is 30.3 Å². The molecule has 0 radical (unpaired) electrons. The van der Waals surface area contributed by atoms with Gasteiger partial charge in [0.1, 0.15) is 11.3 Å². The number of nitrogens with one attached hydrogen (secondary N) is 1. The van der Waals surface area contributed by atoms with Gasteiger partial charge >= 0.3 is 0 Å². The summed E-state index contributed by atoms with van der Waals surface area (Å²) >= 11 is 11.1. The van der Waals surface area contributed by atoms with Crippen LogP contribution < -0.4 is 19.9 Å². The lowest BCUT2D eigenvalue weighted by atomic mass is 10.0. The first-order chi connectivity index (χ1) is 15.0. The maximum absolute atomic E-state index is 13.3. The molecule has 1 fully saturated rings. The number of ether oxygens (including phenoxy) is 1. The van der Waals surface area contributed by atoms with Gasteiger partial charge in [-0.15, -0.1) is 11.6 Å². The molecule has 1 N–H and O–H groups in total. The van der Waals surface area contributed by atoms with Gasteiger partial charge in [-0.05, 0) is 66.5 Å². The van der Waals surface area contributed by atoms with Crippen molar-refractivity contribution >= 4 is 58.2 Å². The highest BCUT2D eigenvalue weighted by molar-refractivity contribution is 7.80. The third kappa shape index (κ3) is 4.16. The fraction of sp³-hybridized carbons (Fsp3) is 0.261. The number of alkyl halides is 1. The molecular weight excluding hydrogens is 434 g/mol. The molecule has 2 amide bonds. The molecule has 0 bridgehead atoms. The van der Waals surface area contributed by atoms with Crippen molar-refractivity contribution in [2.75, 3.05) is 35.9 Å². The number of para-hydroxylation sites is 2. The minimum Gasteiger partial charge on any atom is -0.495 e. The Morgan fingerprint density at radius 3 is 2.77 bits per heavy atom. The van der Waals surface area contributed by atoms with Crippen molar-refractivity contribution in [1.82, 2.24) is 5.32 Å². The van der Waals surface area contributed by atoms with Gasteiger partial charge in [-0.1, -0.05) is 18.2 Å². The normalized spacial score (nSPS) is 17.2. The van der Waals surface area contributed by atoms with Crippen molar-refractivity contribution in [2.24, 2.45) is 0 Å². The van der Waals surface area contributed by atoms with Gasteiger partial charge in [0.15, 0.2) is 5.11 Å². The van der Waals surface area contributed by atoms with Gasteiger partial charge < -0.3 is 9.64 Å². The third-order valence-electron chi connectivity index (χ3n) is 5.40. The SMILES string of the molecule is COc1ccccc1N1C(=O)C(=Cc2ccc3c(c2)CCN3CCCCl)C(=O)NC1=S. The number of hydrogen-bond acceptors (Lipinski definition) is 5. The number of thiocarbonyl (C=S) groups is 1. The predicted octanol–water partition coefficient (Wildman–Crippen LogP) is 3.52. The Morgan fingerprint density at radius 1 is 1.19 bits per heavy atom. The van der Waals surface area contributed by atoms with Gasteiger partial charge in [-0.2, -0.15) is 0 Å². The molecule has 0 aromatic heterocycles. The number of methoxy groups -OCH3 is 1. The molecule has 2 aliphatic heterocycles. The second-order valence-electron chi connectivity index (χ2n) is 7.30. The van der Waals surface area contributed by atoms with E-state index >= 15 is 0 Å². The first kappa shape index (κ1) is 21.3. The number of carbonyl (C=O) groups is 2. The fourth-order valence-electron chi connectivity index (χ4n) is 3.92. The summed E-state index contributed by atoms with van der Waals surface area (Å²) in [5, 5.41) is 2.64. The van der Waals surface area contributed by atoms with E-state index in [9.17, 15) is 9.59 Å². The fourth-order valence-corrected chi connectivity index (χ4v) is 4.31. The van der Waals surface area contributed by atoms with Crippen molar-refractivity contribution in [1.29, 1.82) is 0 Å². The molecule has 0 spiro atoms. The van der Waals surface area contributed by atoms with Crippen LogP contribution in [0.15, 0.2) is 48.0 Å². The Morgan fingerprint density at radius 2 is 2.00 bits per heavy atom. The van der Waals surface area contributed by atoms with Gasteiger partial charge in [0.05, 0.1) is 12.8 Å². The number of rotatable bonds is 6. The number of nitrogens with zero attached hydrogens (tertiary/aromatic N) is 2. The molecule has 0 unspecified atom stereocenters. The molecule has 0 saturated carbocycles. The molecule has 2 aromatic carbocycles. The van der Waals surface area contributed by atoms with E-state index in [0.29, 0.717) is 17.3 Å². The topological polar surface area (TPSA) is 61.9 Å². The van der Waals surface area contributed by atoms with Crippen LogP contribution in [0, 0.1) is 0 Å². The second kappa shape index (κ2) is 9.08. The number of benzene rings is 2.